The summed E-state index contributed by atoms with van der Waals surface area (Å²) in [4.78, 5) is 16.6. The molecule has 94 valence electrons. The molecular weight excluding hydrogens is 214 g/mol. The molecule has 3 heteroatoms. The number of carbonyl (C=O) groups is 1. The molecule has 2 aliphatic carbocycles. The Kier molecular flexibility index (Phi) is 2.06. The lowest BCUT2D eigenvalue weighted by Gasteiger charge is -2.39. The van der Waals surface area contributed by atoms with Gasteiger partial charge in [-0.3, -0.25) is 4.99 Å². The first-order valence-corrected chi connectivity index (χ1v) is 6.70. The predicted molar refractivity (Wildman–Crippen MR) is 66.0 cm³/mol. The first-order valence-electron chi connectivity index (χ1n) is 6.70. The fraction of sp³-hybridized carbons (Fsp3) is 0.857. The van der Waals surface area contributed by atoms with Crippen molar-refractivity contribution in [3.8, 4) is 0 Å². The SMILES string of the molecule is CC[C@H]1N=C2[C@H]3CC[C@@](C)([C@@H]2OC1=O)C3(C)C. The molecule has 2 bridgehead atoms. The van der Waals surface area contributed by atoms with Gasteiger partial charge in [-0.1, -0.05) is 27.7 Å². The van der Waals surface area contributed by atoms with Crippen molar-refractivity contribution in [2.45, 2.75) is 59.1 Å². The van der Waals surface area contributed by atoms with Gasteiger partial charge in [-0.2, -0.15) is 0 Å². The number of ether oxygens (including phenoxy) is 1. The van der Waals surface area contributed by atoms with E-state index in [1.54, 1.807) is 0 Å². The average molecular weight is 235 g/mol. The van der Waals surface area contributed by atoms with Crippen LogP contribution in [0.2, 0.25) is 0 Å². The van der Waals surface area contributed by atoms with Crippen LogP contribution < -0.4 is 0 Å². The second-order valence-corrected chi connectivity index (χ2v) is 6.53. The number of fused-ring (bicyclic) bond motifs is 5. The maximum absolute atomic E-state index is 11.9. The number of carbonyl (C=O) groups excluding carboxylic acids is 1. The number of hydrogen-bond donors (Lipinski definition) is 0. The monoisotopic (exact) mass is 235 g/mol. The van der Waals surface area contributed by atoms with Crippen molar-refractivity contribution in [2.24, 2.45) is 21.7 Å². The van der Waals surface area contributed by atoms with E-state index in [2.05, 4.69) is 20.8 Å². The number of hydrogen-bond acceptors (Lipinski definition) is 3. The molecule has 1 aliphatic heterocycles. The zero-order valence-electron chi connectivity index (χ0n) is 11.1. The lowest BCUT2D eigenvalue weighted by molar-refractivity contribution is -0.155. The molecule has 0 aromatic rings. The first-order chi connectivity index (χ1) is 7.91. The van der Waals surface area contributed by atoms with Gasteiger partial charge in [0.15, 0.2) is 0 Å². The van der Waals surface area contributed by atoms with Crippen molar-refractivity contribution in [1.82, 2.24) is 0 Å². The predicted octanol–water partition coefficient (Wildman–Crippen LogP) is 2.59. The van der Waals surface area contributed by atoms with Gasteiger partial charge in [-0.05, 0) is 24.7 Å². The summed E-state index contributed by atoms with van der Waals surface area (Å²) < 4.78 is 5.72. The zero-order chi connectivity index (χ0) is 12.4. The third-order valence-electron chi connectivity index (χ3n) is 5.70. The molecule has 1 heterocycles. The molecular formula is C14H21NO2. The van der Waals surface area contributed by atoms with Gasteiger partial charge in [0.25, 0.3) is 0 Å². The van der Waals surface area contributed by atoms with E-state index in [-0.39, 0.29) is 28.9 Å². The van der Waals surface area contributed by atoms with Crippen LogP contribution in [-0.2, 0) is 9.53 Å². The van der Waals surface area contributed by atoms with Crippen LogP contribution in [0.4, 0.5) is 0 Å². The first kappa shape index (κ1) is 11.2. The van der Waals surface area contributed by atoms with Crippen molar-refractivity contribution < 1.29 is 9.53 Å². The van der Waals surface area contributed by atoms with Gasteiger partial charge < -0.3 is 4.74 Å². The van der Waals surface area contributed by atoms with E-state index in [1.807, 2.05) is 6.92 Å². The highest BCUT2D eigenvalue weighted by Crippen LogP contribution is 2.65. The molecule has 2 fully saturated rings. The van der Waals surface area contributed by atoms with Gasteiger partial charge in [0, 0.05) is 11.3 Å². The van der Waals surface area contributed by atoms with Gasteiger partial charge in [0.05, 0.1) is 5.71 Å². The van der Waals surface area contributed by atoms with Gasteiger partial charge in [-0.15, -0.1) is 0 Å². The van der Waals surface area contributed by atoms with Gasteiger partial charge in [0.1, 0.15) is 12.1 Å². The van der Waals surface area contributed by atoms with E-state index in [1.165, 1.54) is 12.1 Å². The summed E-state index contributed by atoms with van der Waals surface area (Å²) in [6.45, 7) is 8.87. The molecule has 17 heavy (non-hydrogen) atoms. The second kappa shape index (κ2) is 3.12. The Balaban J connectivity index is 2.08. The van der Waals surface area contributed by atoms with Crippen LogP contribution in [-0.4, -0.2) is 23.8 Å². The van der Waals surface area contributed by atoms with Crippen LogP contribution in [0.3, 0.4) is 0 Å². The van der Waals surface area contributed by atoms with Crippen molar-refractivity contribution in [3.05, 3.63) is 0 Å². The van der Waals surface area contributed by atoms with E-state index in [0.717, 1.165) is 12.8 Å². The fourth-order valence-electron chi connectivity index (χ4n) is 4.05. The fourth-order valence-corrected chi connectivity index (χ4v) is 4.05. The van der Waals surface area contributed by atoms with Crippen LogP contribution >= 0.6 is 0 Å². The summed E-state index contributed by atoms with van der Waals surface area (Å²) in [5.41, 5.74) is 1.47. The summed E-state index contributed by atoms with van der Waals surface area (Å²) in [5.74, 6) is 0.394. The lowest BCUT2D eigenvalue weighted by Crippen LogP contribution is -2.46. The Hall–Kier alpha value is -0.860. The minimum Gasteiger partial charge on any atom is -0.454 e. The Morgan fingerprint density at radius 1 is 1.41 bits per heavy atom. The zero-order valence-corrected chi connectivity index (χ0v) is 11.1. The molecule has 0 aromatic carbocycles. The van der Waals surface area contributed by atoms with E-state index < -0.39 is 0 Å². The van der Waals surface area contributed by atoms with Crippen LogP contribution in [0, 0.1) is 16.7 Å². The Labute approximate surface area is 103 Å². The van der Waals surface area contributed by atoms with E-state index >= 15 is 0 Å². The van der Waals surface area contributed by atoms with E-state index in [9.17, 15) is 4.79 Å². The molecule has 0 saturated heterocycles. The molecule has 0 unspecified atom stereocenters. The third-order valence-corrected chi connectivity index (χ3v) is 5.70. The van der Waals surface area contributed by atoms with Crippen molar-refractivity contribution in [2.75, 3.05) is 0 Å². The lowest BCUT2D eigenvalue weighted by atomic mass is 9.70. The maximum atomic E-state index is 11.9. The number of nitrogens with zero attached hydrogens (tertiary/aromatic N) is 1. The molecule has 0 aromatic heterocycles. The minimum atomic E-state index is -0.250. The number of rotatable bonds is 1. The van der Waals surface area contributed by atoms with Crippen molar-refractivity contribution >= 4 is 11.7 Å². The third kappa shape index (κ3) is 1.13. The molecule has 3 aliphatic rings. The number of esters is 1. The highest BCUT2D eigenvalue weighted by Gasteiger charge is 2.67. The number of aliphatic imine (C=N–C) groups is 1. The van der Waals surface area contributed by atoms with E-state index in [0.29, 0.717) is 5.92 Å². The summed E-state index contributed by atoms with van der Waals surface area (Å²) in [5, 5.41) is 0. The minimum absolute atomic E-state index is 0.0495. The van der Waals surface area contributed by atoms with Crippen LogP contribution in [0.25, 0.3) is 0 Å². The Bertz CT molecular complexity index is 412. The van der Waals surface area contributed by atoms with Gasteiger partial charge >= 0.3 is 5.97 Å². The van der Waals surface area contributed by atoms with Gasteiger partial charge in [0.2, 0.25) is 0 Å². The van der Waals surface area contributed by atoms with Crippen molar-refractivity contribution in [3.63, 3.8) is 0 Å². The van der Waals surface area contributed by atoms with Crippen molar-refractivity contribution in [1.29, 1.82) is 0 Å². The van der Waals surface area contributed by atoms with E-state index in [4.69, 9.17) is 9.73 Å². The molecule has 0 radical (unpaired) electrons. The average Bonchev–Trinajstić information content (AvgIpc) is 2.59. The summed E-state index contributed by atoms with van der Waals surface area (Å²) in [6.07, 6.45) is 3.05. The Morgan fingerprint density at radius 2 is 2.12 bits per heavy atom. The molecule has 0 spiro atoms. The highest BCUT2D eigenvalue weighted by atomic mass is 16.5. The molecule has 3 rings (SSSR count). The molecule has 4 atom stereocenters. The summed E-state index contributed by atoms with van der Waals surface area (Å²) >= 11 is 0. The topological polar surface area (TPSA) is 38.7 Å². The van der Waals surface area contributed by atoms with Crippen LogP contribution in [0.5, 0.6) is 0 Å². The quantitative estimate of drug-likeness (QED) is 0.655. The summed E-state index contributed by atoms with van der Waals surface area (Å²) in [6, 6.07) is -0.250. The molecule has 0 N–H and O–H groups in total. The smallest absolute Gasteiger partial charge is 0.331 e. The second-order valence-electron chi connectivity index (χ2n) is 6.53. The Morgan fingerprint density at radius 3 is 2.76 bits per heavy atom. The molecule has 2 saturated carbocycles. The molecule has 0 amide bonds. The standard InChI is InChI=1S/C14H21NO2/c1-5-9-12(16)17-11-10(15-9)8-6-7-14(11,4)13(8,2)3/h8-9,11H,5-7H2,1-4H3/t8-,9-,11-,14+/m1/s1. The highest BCUT2D eigenvalue weighted by molar-refractivity contribution is 6.01. The van der Waals surface area contributed by atoms with Crippen LogP contribution in [0.15, 0.2) is 4.99 Å². The van der Waals surface area contributed by atoms with Crippen LogP contribution in [0.1, 0.15) is 47.0 Å². The largest absolute Gasteiger partial charge is 0.454 e. The summed E-state index contributed by atoms with van der Waals surface area (Å²) in [7, 11) is 0. The van der Waals surface area contributed by atoms with Gasteiger partial charge in [-0.25, -0.2) is 4.79 Å². The normalized spacial score (nSPS) is 46.5. The molecule has 3 nitrogen and oxygen atoms in total. The maximum Gasteiger partial charge on any atom is 0.331 e.